The molecule has 0 aliphatic carbocycles. The molecule has 2 heterocycles. The number of alkyl halides is 4. The summed E-state index contributed by atoms with van der Waals surface area (Å²) in [6, 6.07) is 0. The van der Waals surface area contributed by atoms with Crippen LogP contribution in [-0.2, 0) is 11.0 Å². The lowest BCUT2D eigenvalue weighted by molar-refractivity contribution is -0.138. The molecule has 9 heteroatoms. The first-order valence-corrected chi connectivity index (χ1v) is 5.99. The number of piperidine rings is 1. The molecule has 1 unspecified atom stereocenters. The number of carbonyl (C=O) groups is 1. The zero-order valence-corrected chi connectivity index (χ0v) is 10.6. The Morgan fingerprint density at radius 2 is 2.00 bits per heavy atom. The zero-order chi connectivity index (χ0) is 15.6. The van der Waals surface area contributed by atoms with Crippen LogP contribution in [0, 0.1) is 0 Å². The van der Waals surface area contributed by atoms with E-state index < -0.39 is 23.9 Å². The quantitative estimate of drug-likeness (QED) is 0.669. The summed E-state index contributed by atoms with van der Waals surface area (Å²) in [7, 11) is 0. The molecule has 1 atom stereocenters. The molecular formula is C12H11F4N3O2. The normalized spacial score (nSPS) is 21.6. The second kappa shape index (κ2) is 5.66. The molecule has 0 saturated carbocycles. The molecule has 5 nitrogen and oxygen atoms in total. The third kappa shape index (κ3) is 3.67. The van der Waals surface area contributed by atoms with Gasteiger partial charge in [-0.2, -0.15) is 13.2 Å². The average Bonchev–Trinajstić information content (AvgIpc) is 2.40. The SMILES string of the molecule is O=C(O)/C=C1\CCN(c2ncc(C(F)(F)F)cn2)CC1F. The van der Waals surface area contributed by atoms with Crippen molar-refractivity contribution in [1.29, 1.82) is 0 Å². The number of carboxylic acid groups (broad SMARTS) is 1. The lowest BCUT2D eigenvalue weighted by Crippen LogP contribution is -2.39. The first-order valence-electron chi connectivity index (χ1n) is 5.99. The van der Waals surface area contributed by atoms with Gasteiger partial charge in [0.25, 0.3) is 0 Å². The average molecular weight is 305 g/mol. The number of carboxylic acids is 1. The number of halogens is 4. The van der Waals surface area contributed by atoms with Gasteiger partial charge in [0.1, 0.15) is 6.17 Å². The van der Waals surface area contributed by atoms with Crippen LogP contribution in [0.15, 0.2) is 24.0 Å². The molecule has 114 valence electrons. The van der Waals surface area contributed by atoms with Gasteiger partial charge in [0.15, 0.2) is 0 Å². The molecule has 1 aliphatic heterocycles. The van der Waals surface area contributed by atoms with Gasteiger partial charge in [-0.25, -0.2) is 19.2 Å². The molecule has 2 rings (SSSR count). The maximum absolute atomic E-state index is 13.8. The Labute approximate surface area is 116 Å². The van der Waals surface area contributed by atoms with Crippen LogP contribution in [0.1, 0.15) is 12.0 Å². The molecule has 0 radical (unpaired) electrons. The smallest absolute Gasteiger partial charge is 0.419 e. The molecule has 1 aromatic rings. The van der Waals surface area contributed by atoms with Crippen LogP contribution in [0.3, 0.4) is 0 Å². The van der Waals surface area contributed by atoms with Crippen molar-refractivity contribution in [3.63, 3.8) is 0 Å². The zero-order valence-electron chi connectivity index (χ0n) is 10.6. The van der Waals surface area contributed by atoms with Gasteiger partial charge < -0.3 is 10.0 Å². The minimum absolute atomic E-state index is 0.0139. The van der Waals surface area contributed by atoms with Gasteiger partial charge in [0.2, 0.25) is 5.95 Å². The standard InChI is InChI=1S/C12H11F4N3O2/c13-9-6-19(2-1-7(9)3-10(20)21)11-17-4-8(5-18-11)12(14,15)16/h3-5,9H,1-2,6H2,(H,20,21)/b7-3+. The fourth-order valence-corrected chi connectivity index (χ4v) is 1.96. The van der Waals surface area contributed by atoms with Gasteiger partial charge in [-0.15, -0.1) is 0 Å². The monoisotopic (exact) mass is 305 g/mol. The van der Waals surface area contributed by atoms with Crippen molar-refractivity contribution in [2.45, 2.75) is 18.8 Å². The number of aromatic nitrogens is 2. The molecule has 1 saturated heterocycles. The van der Waals surface area contributed by atoms with Gasteiger partial charge in [-0.05, 0) is 12.0 Å². The van der Waals surface area contributed by atoms with Crippen LogP contribution in [0.25, 0.3) is 0 Å². The van der Waals surface area contributed by atoms with Crippen molar-refractivity contribution in [3.8, 4) is 0 Å². The summed E-state index contributed by atoms with van der Waals surface area (Å²) in [5.41, 5.74) is -0.836. The van der Waals surface area contributed by atoms with E-state index in [0.29, 0.717) is 12.4 Å². The first-order chi connectivity index (χ1) is 9.77. The van der Waals surface area contributed by atoms with E-state index in [-0.39, 0.29) is 31.0 Å². The Bertz CT molecular complexity index is 557. The Balaban J connectivity index is 2.10. The van der Waals surface area contributed by atoms with Crippen LogP contribution in [-0.4, -0.2) is 40.3 Å². The second-order valence-corrected chi connectivity index (χ2v) is 4.49. The molecule has 0 amide bonds. The van der Waals surface area contributed by atoms with Gasteiger partial charge >= 0.3 is 12.1 Å². The Morgan fingerprint density at radius 3 is 2.48 bits per heavy atom. The summed E-state index contributed by atoms with van der Waals surface area (Å²) in [6.45, 7) is 0.0510. The van der Waals surface area contributed by atoms with Crippen molar-refractivity contribution in [2.24, 2.45) is 0 Å². The topological polar surface area (TPSA) is 66.3 Å². The van der Waals surface area contributed by atoms with Crippen LogP contribution in [0.5, 0.6) is 0 Å². The lowest BCUT2D eigenvalue weighted by Gasteiger charge is -2.30. The molecule has 1 fully saturated rings. The maximum Gasteiger partial charge on any atom is 0.419 e. The number of hydrogen-bond acceptors (Lipinski definition) is 4. The van der Waals surface area contributed by atoms with Crippen molar-refractivity contribution < 1.29 is 27.5 Å². The van der Waals surface area contributed by atoms with Crippen LogP contribution in [0.4, 0.5) is 23.5 Å². The molecular weight excluding hydrogens is 294 g/mol. The number of hydrogen-bond donors (Lipinski definition) is 1. The maximum atomic E-state index is 13.8. The summed E-state index contributed by atoms with van der Waals surface area (Å²) in [4.78, 5) is 19.1. The van der Waals surface area contributed by atoms with Crippen molar-refractivity contribution in [3.05, 3.63) is 29.6 Å². The number of anilines is 1. The summed E-state index contributed by atoms with van der Waals surface area (Å²) in [5.74, 6) is -1.24. The first kappa shape index (κ1) is 15.2. The Kier molecular flexibility index (Phi) is 4.10. The predicted molar refractivity (Wildman–Crippen MR) is 64.5 cm³/mol. The highest BCUT2D eigenvalue weighted by Crippen LogP contribution is 2.29. The summed E-state index contributed by atoms with van der Waals surface area (Å²) in [5, 5.41) is 8.59. The number of rotatable bonds is 2. The number of aliphatic carboxylic acids is 1. The van der Waals surface area contributed by atoms with Gasteiger partial charge in [0.05, 0.1) is 12.1 Å². The third-order valence-electron chi connectivity index (χ3n) is 3.01. The van der Waals surface area contributed by atoms with E-state index >= 15 is 0 Å². The van der Waals surface area contributed by atoms with E-state index in [2.05, 4.69) is 9.97 Å². The van der Waals surface area contributed by atoms with Crippen LogP contribution < -0.4 is 4.90 Å². The van der Waals surface area contributed by atoms with Gasteiger partial charge in [-0.1, -0.05) is 0 Å². The van der Waals surface area contributed by atoms with E-state index in [0.717, 1.165) is 6.08 Å². The molecule has 0 spiro atoms. The minimum Gasteiger partial charge on any atom is -0.478 e. The fourth-order valence-electron chi connectivity index (χ4n) is 1.96. The lowest BCUT2D eigenvalue weighted by atomic mass is 10.0. The van der Waals surface area contributed by atoms with Crippen molar-refractivity contribution in [1.82, 2.24) is 9.97 Å². The molecule has 1 aliphatic rings. The van der Waals surface area contributed by atoms with E-state index in [1.807, 2.05) is 0 Å². The third-order valence-corrected chi connectivity index (χ3v) is 3.01. The van der Waals surface area contributed by atoms with Crippen molar-refractivity contribution >= 4 is 11.9 Å². The summed E-state index contributed by atoms with van der Waals surface area (Å²) < 4.78 is 50.9. The Morgan fingerprint density at radius 1 is 1.38 bits per heavy atom. The van der Waals surface area contributed by atoms with Crippen LogP contribution in [0.2, 0.25) is 0 Å². The molecule has 21 heavy (non-hydrogen) atoms. The molecule has 1 N–H and O–H groups in total. The predicted octanol–water partition coefficient (Wildman–Crippen LogP) is 2.05. The highest BCUT2D eigenvalue weighted by atomic mass is 19.4. The molecule has 0 bridgehead atoms. The van der Waals surface area contributed by atoms with E-state index in [9.17, 15) is 22.4 Å². The second-order valence-electron chi connectivity index (χ2n) is 4.49. The van der Waals surface area contributed by atoms with Crippen LogP contribution >= 0.6 is 0 Å². The van der Waals surface area contributed by atoms with E-state index in [1.165, 1.54) is 4.90 Å². The molecule has 0 aromatic carbocycles. The van der Waals surface area contributed by atoms with Gasteiger partial charge in [0, 0.05) is 25.0 Å². The fraction of sp³-hybridized carbons (Fsp3) is 0.417. The van der Waals surface area contributed by atoms with Crippen molar-refractivity contribution in [2.75, 3.05) is 18.0 Å². The molecule has 1 aromatic heterocycles. The van der Waals surface area contributed by atoms with E-state index in [4.69, 9.17) is 5.11 Å². The highest BCUT2D eigenvalue weighted by Gasteiger charge is 2.32. The van der Waals surface area contributed by atoms with Gasteiger partial charge in [-0.3, -0.25) is 0 Å². The largest absolute Gasteiger partial charge is 0.478 e. The Hall–Kier alpha value is -2.19. The number of nitrogens with zero attached hydrogens (tertiary/aromatic N) is 3. The minimum atomic E-state index is -4.53. The summed E-state index contributed by atoms with van der Waals surface area (Å²) in [6.07, 6.45) is -3.80. The van der Waals surface area contributed by atoms with E-state index in [1.54, 1.807) is 0 Å². The summed E-state index contributed by atoms with van der Waals surface area (Å²) >= 11 is 0. The highest BCUT2D eigenvalue weighted by molar-refractivity contribution is 5.81.